The second-order valence-electron chi connectivity index (χ2n) is 7.47. The molecule has 1 fully saturated rings. The summed E-state index contributed by atoms with van der Waals surface area (Å²) in [6.45, 7) is 7.21. The molecule has 0 bridgehead atoms. The first-order chi connectivity index (χ1) is 13.9. The number of aryl methyl sites for hydroxylation is 3. The number of nitrogens with zero attached hydrogens (tertiary/aromatic N) is 1. The minimum atomic E-state index is -0.344. The van der Waals surface area contributed by atoms with Crippen molar-refractivity contribution in [2.24, 2.45) is 5.92 Å². The van der Waals surface area contributed by atoms with Crippen molar-refractivity contribution in [2.45, 2.75) is 27.2 Å². The molecular formula is C23H28N2O4. The van der Waals surface area contributed by atoms with Crippen LogP contribution in [-0.2, 0) is 9.59 Å². The van der Waals surface area contributed by atoms with Gasteiger partial charge in [0, 0.05) is 18.7 Å². The second kappa shape index (κ2) is 8.99. The van der Waals surface area contributed by atoms with Crippen LogP contribution in [0.1, 0.15) is 23.1 Å². The Morgan fingerprint density at radius 1 is 1.10 bits per heavy atom. The van der Waals surface area contributed by atoms with Gasteiger partial charge in [0.25, 0.3) is 0 Å². The predicted octanol–water partition coefficient (Wildman–Crippen LogP) is 3.17. The number of nitrogens with one attached hydrogen (secondary N) is 1. The van der Waals surface area contributed by atoms with Gasteiger partial charge in [-0.05, 0) is 56.2 Å². The van der Waals surface area contributed by atoms with Gasteiger partial charge < -0.3 is 19.7 Å². The zero-order valence-corrected chi connectivity index (χ0v) is 17.5. The first kappa shape index (κ1) is 20.7. The molecule has 0 aromatic heterocycles. The summed E-state index contributed by atoms with van der Waals surface area (Å²) in [5, 5.41) is 2.88. The quantitative estimate of drug-likeness (QED) is 0.730. The zero-order valence-electron chi connectivity index (χ0n) is 17.5. The van der Waals surface area contributed by atoms with E-state index >= 15 is 0 Å². The smallest absolute Gasteiger partial charge is 0.227 e. The summed E-state index contributed by atoms with van der Waals surface area (Å²) in [6, 6.07) is 11.4. The van der Waals surface area contributed by atoms with Gasteiger partial charge in [0.15, 0.2) is 0 Å². The van der Waals surface area contributed by atoms with Gasteiger partial charge in [0.2, 0.25) is 11.8 Å². The molecule has 2 amide bonds. The van der Waals surface area contributed by atoms with Gasteiger partial charge in [0.1, 0.15) is 18.1 Å². The number of benzene rings is 2. The summed E-state index contributed by atoms with van der Waals surface area (Å²) in [4.78, 5) is 26.8. The van der Waals surface area contributed by atoms with Crippen molar-refractivity contribution in [1.29, 1.82) is 0 Å². The third-order valence-electron chi connectivity index (χ3n) is 5.13. The van der Waals surface area contributed by atoms with Crippen LogP contribution in [0, 0.1) is 26.7 Å². The van der Waals surface area contributed by atoms with Crippen molar-refractivity contribution in [1.82, 2.24) is 5.32 Å². The molecule has 6 nitrogen and oxygen atoms in total. The van der Waals surface area contributed by atoms with Crippen molar-refractivity contribution in [3.8, 4) is 11.5 Å². The largest absolute Gasteiger partial charge is 0.497 e. The van der Waals surface area contributed by atoms with Crippen LogP contribution in [0.5, 0.6) is 11.5 Å². The Morgan fingerprint density at radius 3 is 2.34 bits per heavy atom. The van der Waals surface area contributed by atoms with Gasteiger partial charge in [-0.2, -0.15) is 0 Å². The third kappa shape index (κ3) is 4.88. The highest BCUT2D eigenvalue weighted by Gasteiger charge is 2.36. The highest BCUT2D eigenvalue weighted by molar-refractivity contribution is 6.01. The summed E-state index contributed by atoms with van der Waals surface area (Å²) in [7, 11) is 1.61. The molecule has 1 aliphatic heterocycles. The Morgan fingerprint density at radius 2 is 1.72 bits per heavy atom. The molecule has 3 rings (SSSR count). The van der Waals surface area contributed by atoms with Gasteiger partial charge >= 0.3 is 0 Å². The number of hydrogen-bond acceptors (Lipinski definition) is 4. The molecule has 1 aliphatic rings. The Balaban J connectivity index is 1.51. The Kier molecular flexibility index (Phi) is 6.42. The zero-order chi connectivity index (χ0) is 21.0. The third-order valence-corrected chi connectivity index (χ3v) is 5.13. The molecule has 1 heterocycles. The fourth-order valence-corrected chi connectivity index (χ4v) is 3.86. The van der Waals surface area contributed by atoms with Gasteiger partial charge in [-0.3, -0.25) is 9.59 Å². The monoisotopic (exact) mass is 396 g/mol. The maximum absolute atomic E-state index is 12.6. The summed E-state index contributed by atoms with van der Waals surface area (Å²) < 4.78 is 10.7. The Labute approximate surface area is 171 Å². The molecule has 6 heteroatoms. The fourth-order valence-electron chi connectivity index (χ4n) is 3.86. The lowest BCUT2D eigenvalue weighted by Crippen LogP contribution is -2.35. The highest BCUT2D eigenvalue weighted by atomic mass is 16.5. The van der Waals surface area contributed by atoms with Crippen molar-refractivity contribution in [3.05, 3.63) is 53.1 Å². The van der Waals surface area contributed by atoms with Gasteiger partial charge in [-0.25, -0.2) is 0 Å². The van der Waals surface area contributed by atoms with Crippen LogP contribution in [0.15, 0.2) is 36.4 Å². The molecular weight excluding hydrogens is 368 g/mol. The van der Waals surface area contributed by atoms with E-state index in [0.29, 0.717) is 25.4 Å². The van der Waals surface area contributed by atoms with Crippen LogP contribution in [0.3, 0.4) is 0 Å². The number of anilines is 1. The topological polar surface area (TPSA) is 67.9 Å². The Hall–Kier alpha value is -3.02. The van der Waals surface area contributed by atoms with Gasteiger partial charge in [-0.1, -0.05) is 17.7 Å². The maximum atomic E-state index is 12.6. The normalized spacial score (nSPS) is 16.1. The summed E-state index contributed by atoms with van der Waals surface area (Å²) in [5.74, 6) is 1.02. The summed E-state index contributed by atoms with van der Waals surface area (Å²) in [5.41, 5.74) is 4.22. The number of amides is 2. The number of ether oxygens (including phenoxy) is 2. The van der Waals surface area contributed by atoms with E-state index in [0.717, 1.165) is 22.6 Å². The number of methoxy groups -OCH3 is 1. The van der Waals surface area contributed by atoms with E-state index in [1.807, 2.05) is 45.0 Å². The lowest BCUT2D eigenvalue weighted by atomic mass is 10.0. The van der Waals surface area contributed by atoms with Crippen LogP contribution in [0.4, 0.5) is 5.69 Å². The summed E-state index contributed by atoms with van der Waals surface area (Å²) in [6.07, 6.45) is 0.234. The van der Waals surface area contributed by atoms with Gasteiger partial charge in [0.05, 0.1) is 19.6 Å². The molecule has 0 aliphatic carbocycles. The molecule has 1 saturated heterocycles. The molecule has 1 unspecified atom stereocenters. The molecule has 1 atom stereocenters. The molecule has 0 spiro atoms. The van der Waals surface area contributed by atoms with Crippen molar-refractivity contribution in [3.63, 3.8) is 0 Å². The molecule has 1 N–H and O–H groups in total. The average molecular weight is 396 g/mol. The van der Waals surface area contributed by atoms with E-state index in [1.165, 1.54) is 5.56 Å². The van der Waals surface area contributed by atoms with E-state index < -0.39 is 0 Å². The Bertz CT molecular complexity index is 869. The van der Waals surface area contributed by atoms with E-state index in [1.54, 1.807) is 12.0 Å². The number of rotatable bonds is 7. The van der Waals surface area contributed by atoms with Crippen molar-refractivity contribution >= 4 is 17.5 Å². The molecule has 29 heavy (non-hydrogen) atoms. The lowest BCUT2D eigenvalue weighted by Gasteiger charge is -2.22. The fraction of sp³-hybridized carbons (Fsp3) is 0.391. The van der Waals surface area contributed by atoms with Crippen molar-refractivity contribution in [2.75, 3.05) is 31.7 Å². The number of carbonyl (C=O) groups excluding carboxylic acids is 2. The first-order valence-electron chi connectivity index (χ1n) is 9.82. The predicted molar refractivity (Wildman–Crippen MR) is 113 cm³/mol. The SMILES string of the molecule is COc1ccc(OCCNC(=O)C2CC(=O)N(c3c(C)cc(C)cc3C)C2)cc1. The average Bonchev–Trinajstić information content (AvgIpc) is 3.06. The lowest BCUT2D eigenvalue weighted by molar-refractivity contribution is -0.126. The first-order valence-corrected chi connectivity index (χ1v) is 9.82. The van der Waals surface area contributed by atoms with Gasteiger partial charge in [-0.15, -0.1) is 0 Å². The van der Waals surface area contributed by atoms with E-state index in [4.69, 9.17) is 9.47 Å². The van der Waals surface area contributed by atoms with Crippen LogP contribution in [0.25, 0.3) is 0 Å². The van der Waals surface area contributed by atoms with Crippen LogP contribution in [-0.4, -0.2) is 38.6 Å². The molecule has 2 aromatic rings. The van der Waals surface area contributed by atoms with E-state index in [-0.39, 0.29) is 24.2 Å². The van der Waals surface area contributed by atoms with E-state index in [2.05, 4.69) is 17.4 Å². The minimum absolute atomic E-state index is 0.00492. The van der Waals surface area contributed by atoms with Crippen LogP contribution < -0.4 is 19.7 Å². The standard InChI is InChI=1S/C23H28N2O4/c1-15-11-16(2)22(17(3)12-15)25-14-18(13-21(25)26)23(27)24-9-10-29-20-7-5-19(28-4)6-8-20/h5-8,11-12,18H,9-10,13-14H2,1-4H3,(H,24,27). The highest BCUT2D eigenvalue weighted by Crippen LogP contribution is 2.31. The summed E-state index contributed by atoms with van der Waals surface area (Å²) >= 11 is 0. The number of carbonyl (C=O) groups is 2. The minimum Gasteiger partial charge on any atom is -0.497 e. The van der Waals surface area contributed by atoms with Crippen LogP contribution >= 0.6 is 0 Å². The second-order valence-corrected chi connectivity index (χ2v) is 7.47. The van der Waals surface area contributed by atoms with E-state index in [9.17, 15) is 9.59 Å². The molecule has 0 saturated carbocycles. The molecule has 0 radical (unpaired) electrons. The van der Waals surface area contributed by atoms with Crippen molar-refractivity contribution < 1.29 is 19.1 Å². The van der Waals surface area contributed by atoms with Crippen LogP contribution in [0.2, 0.25) is 0 Å². The number of hydrogen-bond donors (Lipinski definition) is 1. The molecule has 2 aromatic carbocycles. The maximum Gasteiger partial charge on any atom is 0.227 e. The molecule has 154 valence electrons.